The lowest BCUT2D eigenvalue weighted by Gasteiger charge is -2.03. The molecule has 0 spiro atoms. The molecule has 1 aliphatic rings. The highest BCUT2D eigenvalue weighted by molar-refractivity contribution is 6.12. The molecule has 2 aromatic carbocycles. The van der Waals surface area contributed by atoms with E-state index in [1.807, 2.05) is 6.92 Å². The van der Waals surface area contributed by atoms with Crippen LogP contribution >= 0.6 is 0 Å². The van der Waals surface area contributed by atoms with Crippen LogP contribution in [0, 0.1) is 5.82 Å². The van der Waals surface area contributed by atoms with Gasteiger partial charge >= 0.3 is 11.9 Å². The van der Waals surface area contributed by atoms with E-state index in [4.69, 9.17) is 9.47 Å². The molecule has 0 aromatic heterocycles. The van der Waals surface area contributed by atoms with E-state index < -0.39 is 11.8 Å². The van der Waals surface area contributed by atoms with Gasteiger partial charge < -0.3 is 9.47 Å². The average molecular weight is 353 g/mol. The maximum absolute atomic E-state index is 13.8. The SMILES string of the molecule is CCCC(=O)Oc1ccc(/C=C2\N=C(c3ccccc3F)OC2=O)cc1. The van der Waals surface area contributed by atoms with Crippen LogP contribution in [0.3, 0.4) is 0 Å². The fourth-order valence-corrected chi connectivity index (χ4v) is 2.34. The van der Waals surface area contributed by atoms with Gasteiger partial charge in [0.2, 0.25) is 5.90 Å². The monoisotopic (exact) mass is 353 g/mol. The number of ether oxygens (including phenoxy) is 2. The fraction of sp³-hybridized carbons (Fsp3) is 0.150. The number of nitrogens with zero attached hydrogens (tertiary/aromatic N) is 1. The van der Waals surface area contributed by atoms with E-state index in [2.05, 4.69) is 4.99 Å². The molecule has 1 aliphatic heterocycles. The molecular formula is C20H16FNO4. The number of halogens is 1. The number of carbonyl (C=O) groups excluding carboxylic acids is 2. The molecule has 0 radical (unpaired) electrons. The first-order valence-corrected chi connectivity index (χ1v) is 8.15. The topological polar surface area (TPSA) is 65.0 Å². The van der Waals surface area contributed by atoms with Crippen molar-refractivity contribution < 1.29 is 23.5 Å². The van der Waals surface area contributed by atoms with Crippen LogP contribution in [0.4, 0.5) is 4.39 Å². The minimum atomic E-state index is -0.651. The van der Waals surface area contributed by atoms with E-state index in [0.717, 1.165) is 0 Å². The number of carbonyl (C=O) groups is 2. The molecule has 0 fully saturated rings. The summed E-state index contributed by atoms with van der Waals surface area (Å²) >= 11 is 0. The van der Waals surface area contributed by atoms with Crippen molar-refractivity contribution in [1.29, 1.82) is 0 Å². The van der Waals surface area contributed by atoms with Crippen molar-refractivity contribution >= 4 is 23.9 Å². The Morgan fingerprint density at radius 2 is 1.92 bits per heavy atom. The first-order valence-electron chi connectivity index (χ1n) is 8.15. The first-order chi connectivity index (χ1) is 12.6. The lowest BCUT2D eigenvalue weighted by Crippen LogP contribution is -2.07. The van der Waals surface area contributed by atoms with Crippen LogP contribution in [0.1, 0.15) is 30.9 Å². The third-order valence-corrected chi connectivity index (χ3v) is 3.59. The molecule has 0 saturated carbocycles. The zero-order valence-corrected chi connectivity index (χ0v) is 14.1. The van der Waals surface area contributed by atoms with Crippen LogP contribution in [0.25, 0.3) is 6.08 Å². The molecule has 0 saturated heterocycles. The fourth-order valence-electron chi connectivity index (χ4n) is 2.34. The number of hydrogen-bond acceptors (Lipinski definition) is 5. The van der Waals surface area contributed by atoms with Gasteiger partial charge in [0.1, 0.15) is 11.6 Å². The van der Waals surface area contributed by atoms with Crippen LogP contribution in [0.2, 0.25) is 0 Å². The van der Waals surface area contributed by atoms with Crippen molar-refractivity contribution in [1.82, 2.24) is 0 Å². The molecule has 3 rings (SSSR count). The van der Waals surface area contributed by atoms with Crippen LogP contribution in [-0.2, 0) is 14.3 Å². The van der Waals surface area contributed by atoms with E-state index in [1.165, 1.54) is 18.2 Å². The Bertz CT molecular complexity index is 900. The summed E-state index contributed by atoms with van der Waals surface area (Å²) in [7, 11) is 0. The number of rotatable bonds is 5. The lowest BCUT2D eigenvalue weighted by atomic mass is 10.2. The predicted octanol–water partition coefficient (Wildman–Crippen LogP) is 3.88. The summed E-state index contributed by atoms with van der Waals surface area (Å²) < 4.78 is 24.0. The second-order valence-electron chi connectivity index (χ2n) is 5.61. The molecule has 0 bridgehead atoms. The van der Waals surface area contributed by atoms with E-state index in [1.54, 1.807) is 36.4 Å². The minimum absolute atomic E-state index is 0.0653. The van der Waals surface area contributed by atoms with Crippen molar-refractivity contribution in [3.8, 4) is 5.75 Å². The highest BCUT2D eigenvalue weighted by Gasteiger charge is 2.25. The molecule has 0 N–H and O–H groups in total. The van der Waals surface area contributed by atoms with Gasteiger partial charge in [-0.15, -0.1) is 0 Å². The van der Waals surface area contributed by atoms with Gasteiger partial charge in [0.05, 0.1) is 5.56 Å². The number of benzene rings is 2. The summed E-state index contributed by atoms with van der Waals surface area (Å²) in [6.07, 6.45) is 2.59. The second-order valence-corrected chi connectivity index (χ2v) is 5.61. The molecule has 2 aromatic rings. The van der Waals surface area contributed by atoms with E-state index in [0.29, 0.717) is 24.2 Å². The molecule has 1 heterocycles. The Balaban J connectivity index is 1.78. The van der Waals surface area contributed by atoms with Crippen molar-refractivity contribution in [2.24, 2.45) is 4.99 Å². The Morgan fingerprint density at radius 1 is 1.19 bits per heavy atom. The Hall–Kier alpha value is -3.28. The van der Waals surface area contributed by atoms with Crippen LogP contribution in [0.5, 0.6) is 5.75 Å². The summed E-state index contributed by atoms with van der Waals surface area (Å²) in [6.45, 7) is 1.90. The van der Waals surface area contributed by atoms with E-state index >= 15 is 0 Å². The van der Waals surface area contributed by atoms with Gasteiger partial charge in [0.15, 0.2) is 5.70 Å². The molecule has 0 unspecified atom stereocenters. The van der Waals surface area contributed by atoms with Gasteiger partial charge in [-0.25, -0.2) is 14.2 Å². The minimum Gasteiger partial charge on any atom is -0.427 e. The van der Waals surface area contributed by atoms with Crippen molar-refractivity contribution in [3.05, 3.63) is 71.2 Å². The summed E-state index contributed by atoms with van der Waals surface area (Å²) in [6, 6.07) is 12.6. The van der Waals surface area contributed by atoms with Crippen LogP contribution in [0.15, 0.2) is 59.2 Å². The van der Waals surface area contributed by atoms with Gasteiger partial charge in [-0.1, -0.05) is 31.2 Å². The first kappa shape index (κ1) is 17.5. The van der Waals surface area contributed by atoms with Crippen molar-refractivity contribution in [2.45, 2.75) is 19.8 Å². The maximum Gasteiger partial charge on any atom is 0.363 e. The normalized spacial score (nSPS) is 14.9. The maximum atomic E-state index is 13.8. The summed E-state index contributed by atoms with van der Waals surface area (Å²) in [5.74, 6) is -1.10. The molecular weight excluding hydrogens is 337 g/mol. The smallest absolute Gasteiger partial charge is 0.363 e. The predicted molar refractivity (Wildman–Crippen MR) is 94.0 cm³/mol. The summed E-state index contributed by atoms with van der Waals surface area (Å²) in [5, 5.41) is 0. The van der Waals surface area contributed by atoms with Crippen molar-refractivity contribution in [3.63, 3.8) is 0 Å². The third kappa shape index (κ3) is 4.03. The average Bonchev–Trinajstić information content (AvgIpc) is 2.98. The zero-order valence-electron chi connectivity index (χ0n) is 14.1. The van der Waals surface area contributed by atoms with Gasteiger partial charge in [-0.05, 0) is 42.3 Å². The third-order valence-electron chi connectivity index (χ3n) is 3.59. The highest BCUT2D eigenvalue weighted by Crippen LogP contribution is 2.21. The number of hydrogen-bond donors (Lipinski definition) is 0. The Morgan fingerprint density at radius 3 is 2.62 bits per heavy atom. The van der Waals surface area contributed by atoms with Gasteiger partial charge in [0, 0.05) is 6.42 Å². The number of esters is 2. The zero-order chi connectivity index (χ0) is 18.5. The standard InChI is InChI=1S/C20H16FNO4/c1-2-5-18(23)25-14-10-8-13(9-11-14)12-17-20(24)26-19(22-17)15-6-3-4-7-16(15)21/h3-4,6-12H,2,5H2,1H3/b17-12-. The highest BCUT2D eigenvalue weighted by atomic mass is 19.1. The van der Waals surface area contributed by atoms with Gasteiger partial charge in [-0.2, -0.15) is 0 Å². The number of aliphatic imine (C=N–C) groups is 1. The van der Waals surface area contributed by atoms with Gasteiger partial charge in [-0.3, -0.25) is 4.79 Å². The van der Waals surface area contributed by atoms with E-state index in [9.17, 15) is 14.0 Å². The van der Waals surface area contributed by atoms with E-state index in [-0.39, 0.29) is 23.1 Å². The molecule has 6 heteroatoms. The van der Waals surface area contributed by atoms with Crippen LogP contribution < -0.4 is 4.74 Å². The molecule has 132 valence electrons. The lowest BCUT2D eigenvalue weighted by molar-refractivity contribution is -0.134. The molecule has 0 atom stereocenters. The largest absolute Gasteiger partial charge is 0.427 e. The Kier molecular flexibility index (Phi) is 5.22. The quantitative estimate of drug-likeness (QED) is 0.465. The van der Waals surface area contributed by atoms with Gasteiger partial charge in [0.25, 0.3) is 0 Å². The summed E-state index contributed by atoms with van der Waals surface area (Å²) in [5.41, 5.74) is 0.868. The van der Waals surface area contributed by atoms with Crippen molar-refractivity contribution in [2.75, 3.05) is 0 Å². The Labute approximate surface area is 149 Å². The molecule has 0 amide bonds. The van der Waals surface area contributed by atoms with Crippen LogP contribution in [-0.4, -0.2) is 17.8 Å². The molecule has 26 heavy (non-hydrogen) atoms. The second kappa shape index (κ2) is 7.74. The summed E-state index contributed by atoms with van der Waals surface area (Å²) in [4.78, 5) is 27.5. The molecule has 0 aliphatic carbocycles. The molecule has 5 nitrogen and oxygen atoms in total. The number of cyclic esters (lactones) is 1.